The molecule has 0 aromatic rings. The predicted molar refractivity (Wildman–Crippen MR) is 80.9 cm³/mol. The first kappa shape index (κ1) is 15.9. The summed E-state index contributed by atoms with van der Waals surface area (Å²) < 4.78 is 5.21. The molecule has 0 saturated heterocycles. The van der Waals surface area contributed by atoms with Crippen LogP contribution in [0.4, 0.5) is 0 Å². The van der Waals surface area contributed by atoms with Gasteiger partial charge in [-0.2, -0.15) is 0 Å². The Morgan fingerprint density at radius 1 is 1.28 bits per heavy atom. The summed E-state index contributed by atoms with van der Waals surface area (Å²) in [5.74, 6) is 0.945. The van der Waals surface area contributed by atoms with Gasteiger partial charge in [-0.15, -0.1) is 0 Å². The predicted octanol–water partition coefficient (Wildman–Crippen LogP) is 2.58. The largest absolute Gasteiger partial charge is 0.393 e. The van der Waals surface area contributed by atoms with Gasteiger partial charge in [-0.05, 0) is 31.6 Å². The molecule has 0 spiro atoms. The molecule has 1 fully saturated rings. The van der Waals surface area contributed by atoms with Crippen LogP contribution >= 0.6 is 12.2 Å². The molecule has 3 nitrogen and oxygen atoms in total. The van der Waals surface area contributed by atoms with E-state index in [9.17, 15) is 0 Å². The highest BCUT2D eigenvalue weighted by atomic mass is 32.1. The summed E-state index contributed by atoms with van der Waals surface area (Å²) in [6.45, 7) is 5.09. The van der Waals surface area contributed by atoms with E-state index in [-0.39, 0.29) is 0 Å². The molecule has 0 heterocycles. The first-order valence-corrected chi connectivity index (χ1v) is 7.59. The van der Waals surface area contributed by atoms with Gasteiger partial charge < -0.3 is 10.5 Å². The average Bonchev–Trinajstić information content (AvgIpc) is 2.39. The van der Waals surface area contributed by atoms with E-state index in [1.807, 2.05) is 0 Å². The molecule has 106 valence electrons. The topological polar surface area (TPSA) is 38.5 Å². The maximum Gasteiger partial charge on any atom is 0.0740 e. The summed E-state index contributed by atoms with van der Waals surface area (Å²) in [6.07, 6.45) is 7.54. The molecule has 0 atom stereocenters. The second-order valence-electron chi connectivity index (χ2n) is 5.33. The third-order valence-electron chi connectivity index (χ3n) is 4.14. The SMILES string of the molecule is CCC1CCC(N(CCOC)CCC(N)=S)CC1. The van der Waals surface area contributed by atoms with Crippen LogP contribution in [0.3, 0.4) is 0 Å². The van der Waals surface area contributed by atoms with Crippen molar-refractivity contribution in [3.8, 4) is 0 Å². The first-order chi connectivity index (χ1) is 8.67. The summed E-state index contributed by atoms with van der Waals surface area (Å²) in [6, 6.07) is 0.706. The van der Waals surface area contributed by atoms with E-state index in [1.165, 1.54) is 32.1 Å². The number of thiocarbonyl (C=S) groups is 1. The highest BCUT2D eigenvalue weighted by Gasteiger charge is 2.24. The summed E-state index contributed by atoms with van der Waals surface area (Å²) in [4.78, 5) is 3.15. The van der Waals surface area contributed by atoms with E-state index in [0.717, 1.165) is 32.0 Å². The maximum atomic E-state index is 5.62. The van der Waals surface area contributed by atoms with Gasteiger partial charge in [0.05, 0.1) is 11.6 Å². The highest BCUT2D eigenvalue weighted by molar-refractivity contribution is 7.80. The minimum absolute atomic E-state index is 0.625. The van der Waals surface area contributed by atoms with Gasteiger partial charge >= 0.3 is 0 Å². The Hall–Kier alpha value is -0.190. The van der Waals surface area contributed by atoms with Gasteiger partial charge in [-0.1, -0.05) is 25.6 Å². The molecule has 1 aliphatic carbocycles. The summed E-state index contributed by atoms with van der Waals surface area (Å²) in [5.41, 5.74) is 5.62. The molecule has 1 saturated carbocycles. The third kappa shape index (κ3) is 5.63. The second kappa shape index (κ2) is 8.83. The molecule has 1 rings (SSSR count). The van der Waals surface area contributed by atoms with Crippen molar-refractivity contribution >= 4 is 17.2 Å². The van der Waals surface area contributed by atoms with E-state index in [0.29, 0.717) is 11.0 Å². The van der Waals surface area contributed by atoms with E-state index in [2.05, 4.69) is 11.8 Å². The molecular formula is C14H28N2OS. The van der Waals surface area contributed by atoms with Gasteiger partial charge in [0, 0.05) is 32.7 Å². The zero-order valence-electron chi connectivity index (χ0n) is 11.9. The van der Waals surface area contributed by atoms with Crippen LogP contribution in [0.2, 0.25) is 0 Å². The minimum atomic E-state index is 0.625. The van der Waals surface area contributed by atoms with Crippen molar-refractivity contribution in [1.29, 1.82) is 0 Å². The molecule has 0 aliphatic heterocycles. The van der Waals surface area contributed by atoms with Crippen molar-refractivity contribution in [2.75, 3.05) is 26.8 Å². The van der Waals surface area contributed by atoms with E-state index >= 15 is 0 Å². The molecule has 0 aromatic heterocycles. The van der Waals surface area contributed by atoms with Gasteiger partial charge in [0.2, 0.25) is 0 Å². The molecule has 0 bridgehead atoms. The normalized spacial score (nSPS) is 24.4. The lowest BCUT2D eigenvalue weighted by molar-refractivity contribution is 0.0945. The summed E-state index contributed by atoms with van der Waals surface area (Å²) >= 11 is 4.99. The Kier molecular flexibility index (Phi) is 7.79. The molecule has 0 amide bonds. The van der Waals surface area contributed by atoms with Crippen molar-refractivity contribution in [2.45, 2.75) is 51.5 Å². The van der Waals surface area contributed by atoms with Crippen LogP contribution in [0.5, 0.6) is 0 Å². The van der Waals surface area contributed by atoms with E-state index in [4.69, 9.17) is 22.7 Å². The Labute approximate surface area is 117 Å². The number of ether oxygens (including phenoxy) is 1. The first-order valence-electron chi connectivity index (χ1n) is 7.18. The highest BCUT2D eigenvalue weighted by Crippen LogP contribution is 2.29. The van der Waals surface area contributed by atoms with Crippen molar-refractivity contribution in [3.05, 3.63) is 0 Å². The van der Waals surface area contributed by atoms with Gasteiger partial charge in [0.15, 0.2) is 0 Å². The monoisotopic (exact) mass is 272 g/mol. The zero-order valence-corrected chi connectivity index (χ0v) is 12.7. The van der Waals surface area contributed by atoms with Gasteiger partial charge in [-0.3, -0.25) is 4.90 Å². The Morgan fingerprint density at radius 2 is 1.94 bits per heavy atom. The third-order valence-corrected chi connectivity index (χ3v) is 4.34. The van der Waals surface area contributed by atoms with Gasteiger partial charge in [0.25, 0.3) is 0 Å². The molecule has 0 aromatic carbocycles. The molecule has 18 heavy (non-hydrogen) atoms. The van der Waals surface area contributed by atoms with Crippen LogP contribution in [-0.2, 0) is 4.74 Å². The fourth-order valence-corrected chi connectivity index (χ4v) is 2.95. The minimum Gasteiger partial charge on any atom is -0.393 e. The Morgan fingerprint density at radius 3 is 2.44 bits per heavy atom. The molecule has 4 heteroatoms. The molecular weight excluding hydrogens is 244 g/mol. The Bertz CT molecular complexity index is 240. The Balaban J connectivity index is 2.40. The maximum absolute atomic E-state index is 5.62. The summed E-state index contributed by atoms with van der Waals surface area (Å²) in [7, 11) is 1.76. The standard InChI is InChI=1S/C14H28N2OS/c1-3-12-4-6-13(7-5-12)16(10-11-17-2)9-8-14(15)18/h12-13H,3-11H2,1-2H3,(H2,15,18). The van der Waals surface area contributed by atoms with Crippen LogP contribution in [0.1, 0.15) is 45.4 Å². The number of rotatable bonds is 8. The lowest BCUT2D eigenvalue weighted by Crippen LogP contribution is -2.41. The fraction of sp³-hybridized carbons (Fsp3) is 0.929. The molecule has 0 unspecified atom stereocenters. The van der Waals surface area contributed by atoms with Crippen molar-refractivity contribution < 1.29 is 4.74 Å². The quantitative estimate of drug-likeness (QED) is 0.689. The number of nitrogens with two attached hydrogens (primary N) is 1. The fourth-order valence-electron chi connectivity index (χ4n) is 2.86. The van der Waals surface area contributed by atoms with Crippen molar-refractivity contribution in [3.63, 3.8) is 0 Å². The van der Waals surface area contributed by atoms with Crippen molar-refractivity contribution in [2.24, 2.45) is 11.7 Å². The molecule has 2 N–H and O–H groups in total. The number of nitrogens with zero attached hydrogens (tertiary/aromatic N) is 1. The average molecular weight is 272 g/mol. The number of hydrogen-bond donors (Lipinski definition) is 1. The van der Waals surface area contributed by atoms with Crippen LogP contribution in [-0.4, -0.2) is 42.7 Å². The van der Waals surface area contributed by atoms with Crippen LogP contribution in [0, 0.1) is 5.92 Å². The van der Waals surface area contributed by atoms with Crippen LogP contribution in [0.25, 0.3) is 0 Å². The van der Waals surface area contributed by atoms with Crippen molar-refractivity contribution in [1.82, 2.24) is 4.90 Å². The van der Waals surface area contributed by atoms with Crippen LogP contribution in [0.15, 0.2) is 0 Å². The van der Waals surface area contributed by atoms with Crippen LogP contribution < -0.4 is 5.73 Å². The number of methoxy groups -OCH3 is 1. The number of hydrogen-bond acceptors (Lipinski definition) is 3. The van der Waals surface area contributed by atoms with E-state index < -0.39 is 0 Å². The smallest absolute Gasteiger partial charge is 0.0740 e. The van der Waals surface area contributed by atoms with E-state index in [1.54, 1.807) is 7.11 Å². The zero-order chi connectivity index (χ0) is 13.4. The van der Waals surface area contributed by atoms with Gasteiger partial charge in [-0.25, -0.2) is 0 Å². The molecule has 0 radical (unpaired) electrons. The summed E-state index contributed by atoms with van der Waals surface area (Å²) in [5, 5.41) is 0. The lowest BCUT2D eigenvalue weighted by atomic mass is 9.84. The second-order valence-corrected chi connectivity index (χ2v) is 5.85. The molecule has 1 aliphatic rings. The van der Waals surface area contributed by atoms with Gasteiger partial charge in [0.1, 0.15) is 0 Å². The lowest BCUT2D eigenvalue weighted by Gasteiger charge is -2.36.